The summed E-state index contributed by atoms with van der Waals surface area (Å²) in [5.41, 5.74) is 3.08. The molecule has 0 aliphatic carbocycles. The van der Waals surface area contributed by atoms with E-state index in [4.69, 9.17) is 0 Å². The first-order chi connectivity index (χ1) is 8.50. The molecule has 0 saturated carbocycles. The lowest BCUT2D eigenvalue weighted by molar-refractivity contribution is 0.602. The van der Waals surface area contributed by atoms with Crippen LogP contribution < -0.4 is 5.32 Å². The Morgan fingerprint density at radius 3 is 2.17 bits per heavy atom. The first kappa shape index (κ1) is 12.6. The Hall–Kier alpha value is -1.81. The van der Waals surface area contributed by atoms with E-state index < -0.39 is 9.84 Å². The van der Waals surface area contributed by atoms with Crippen LogP contribution in [0.3, 0.4) is 0 Å². The van der Waals surface area contributed by atoms with Crippen LogP contribution in [-0.2, 0) is 9.84 Å². The molecule has 0 unspecified atom stereocenters. The van der Waals surface area contributed by atoms with E-state index in [1.165, 1.54) is 6.26 Å². The third kappa shape index (κ3) is 2.71. The Balaban J connectivity index is 2.40. The van der Waals surface area contributed by atoms with Crippen LogP contribution in [0.15, 0.2) is 53.4 Å². The second kappa shape index (κ2) is 4.82. The summed E-state index contributed by atoms with van der Waals surface area (Å²) in [6, 6.07) is 14.9. The van der Waals surface area contributed by atoms with E-state index >= 15 is 0 Å². The van der Waals surface area contributed by atoms with Crippen molar-refractivity contribution in [1.29, 1.82) is 0 Å². The topological polar surface area (TPSA) is 46.2 Å². The third-order valence-corrected chi connectivity index (χ3v) is 3.90. The van der Waals surface area contributed by atoms with Crippen molar-refractivity contribution in [3.05, 3.63) is 48.5 Å². The SMILES string of the molecule is CNc1cccc(-c2ccc(S(C)(=O)=O)cc2)c1. The minimum absolute atomic E-state index is 0.344. The van der Waals surface area contributed by atoms with Crippen LogP contribution in [0.4, 0.5) is 5.69 Å². The summed E-state index contributed by atoms with van der Waals surface area (Å²) in [6.07, 6.45) is 1.21. The monoisotopic (exact) mass is 261 g/mol. The molecule has 2 rings (SSSR count). The Labute approximate surface area is 107 Å². The molecular formula is C14H15NO2S. The molecule has 0 saturated heterocycles. The van der Waals surface area contributed by atoms with Gasteiger partial charge in [0.15, 0.2) is 9.84 Å². The summed E-state index contributed by atoms with van der Waals surface area (Å²) in [6.45, 7) is 0. The van der Waals surface area contributed by atoms with Crippen molar-refractivity contribution in [2.24, 2.45) is 0 Å². The highest BCUT2D eigenvalue weighted by Crippen LogP contribution is 2.23. The van der Waals surface area contributed by atoms with E-state index in [0.29, 0.717) is 4.90 Å². The van der Waals surface area contributed by atoms with Crippen molar-refractivity contribution in [2.75, 3.05) is 18.6 Å². The molecule has 0 bridgehead atoms. The first-order valence-corrected chi connectivity index (χ1v) is 7.48. The number of anilines is 1. The molecule has 1 N–H and O–H groups in total. The maximum atomic E-state index is 11.4. The van der Waals surface area contributed by atoms with Gasteiger partial charge in [0.2, 0.25) is 0 Å². The summed E-state index contributed by atoms with van der Waals surface area (Å²) in [4.78, 5) is 0.344. The van der Waals surface area contributed by atoms with Crippen molar-refractivity contribution in [3.63, 3.8) is 0 Å². The van der Waals surface area contributed by atoms with Gasteiger partial charge in [0, 0.05) is 19.0 Å². The lowest BCUT2D eigenvalue weighted by Crippen LogP contribution is -1.96. The number of hydrogen-bond donors (Lipinski definition) is 1. The number of benzene rings is 2. The largest absolute Gasteiger partial charge is 0.388 e. The van der Waals surface area contributed by atoms with Gasteiger partial charge in [-0.05, 0) is 35.4 Å². The number of rotatable bonds is 3. The number of nitrogens with one attached hydrogen (secondary N) is 1. The van der Waals surface area contributed by atoms with Crippen LogP contribution in [0.2, 0.25) is 0 Å². The fraction of sp³-hybridized carbons (Fsp3) is 0.143. The van der Waals surface area contributed by atoms with Gasteiger partial charge in [0.25, 0.3) is 0 Å². The van der Waals surface area contributed by atoms with Gasteiger partial charge in [0.1, 0.15) is 0 Å². The summed E-state index contributed by atoms with van der Waals surface area (Å²) in [5, 5.41) is 3.08. The van der Waals surface area contributed by atoms with Crippen molar-refractivity contribution in [2.45, 2.75) is 4.90 Å². The lowest BCUT2D eigenvalue weighted by atomic mass is 10.1. The molecular weight excluding hydrogens is 246 g/mol. The van der Waals surface area contributed by atoms with Crippen molar-refractivity contribution in [1.82, 2.24) is 0 Å². The van der Waals surface area contributed by atoms with Crippen molar-refractivity contribution in [3.8, 4) is 11.1 Å². The Kier molecular flexibility index (Phi) is 3.39. The van der Waals surface area contributed by atoms with E-state index in [9.17, 15) is 8.42 Å². The van der Waals surface area contributed by atoms with Crippen LogP contribution in [0.5, 0.6) is 0 Å². The zero-order valence-electron chi connectivity index (χ0n) is 10.3. The molecule has 2 aromatic rings. The van der Waals surface area contributed by atoms with Gasteiger partial charge in [-0.1, -0.05) is 24.3 Å². The molecule has 0 aliphatic rings. The van der Waals surface area contributed by atoms with E-state index in [2.05, 4.69) is 5.32 Å². The maximum Gasteiger partial charge on any atom is 0.175 e. The third-order valence-electron chi connectivity index (χ3n) is 2.77. The van der Waals surface area contributed by atoms with Gasteiger partial charge in [-0.2, -0.15) is 0 Å². The quantitative estimate of drug-likeness (QED) is 0.924. The molecule has 0 aliphatic heterocycles. The molecule has 0 radical (unpaired) electrons. The molecule has 0 aromatic heterocycles. The average Bonchev–Trinajstić information content (AvgIpc) is 2.38. The second-order valence-electron chi connectivity index (χ2n) is 4.13. The zero-order chi connectivity index (χ0) is 13.2. The molecule has 0 fully saturated rings. The Bertz CT molecular complexity index is 646. The Morgan fingerprint density at radius 1 is 0.944 bits per heavy atom. The minimum atomic E-state index is -3.13. The summed E-state index contributed by atoms with van der Waals surface area (Å²) in [5.74, 6) is 0. The summed E-state index contributed by atoms with van der Waals surface area (Å²) in [7, 11) is -1.26. The molecule has 94 valence electrons. The predicted molar refractivity (Wildman–Crippen MR) is 74.5 cm³/mol. The van der Waals surface area contributed by atoms with Gasteiger partial charge in [-0.15, -0.1) is 0 Å². The molecule has 4 heteroatoms. The molecule has 0 heterocycles. The van der Waals surface area contributed by atoms with E-state index in [1.807, 2.05) is 43.4 Å². The standard InChI is InChI=1S/C14H15NO2S/c1-15-13-5-3-4-12(10-13)11-6-8-14(9-7-11)18(2,16)17/h3-10,15H,1-2H3. The summed E-state index contributed by atoms with van der Waals surface area (Å²) < 4.78 is 22.7. The first-order valence-electron chi connectivity index (χ1n) is 5.59. The smallest absolute Gasteiger partial charge is 0.175 e. The highest BCUT2D eigenvalue weighted by molar-refractivity contribution is 7.90. The molecule has 3 nitrogen and oxygen atoms in total. The normalized spacial score (nSPS) is 11.2. The fourth-order valence-electron chi connectivity index (χ4n) is 1.75. The lowest BCUT2D eigenvalue weighted by Gasteiger charge is -2.06. The molecule has 0 atom stereocenters. The summed E-state index contributed by atoms with van der Waals surface area (Å²) >= 11 is 0. The van der Waals surface area contributed by atoms with Gasteiger partial charge < -0.3 is 5.32 Å². The van der Waals surface area contributed by atoms with Crippen molar-refractivity contribution < 1.29 is 8.42 Å². The maximum absolute atomic E-state index is 11.4. The molecule has 2 aromatic carbocycles. The second-order valence-corrected chi connectivity index (χ2v) is 6.14. The van der Waals surface area contributed by atoms with E-state index in [1.54, 1.807) is 12.1 Å². The fourth-order valence-corrected chi connectivity index (χ4v) is 2.38. The average molecular weight is 261 g/mol. The van der Waals surface area contributed by atoms with E-state index in [0.717, 1.165) is 16.8 Å². The molecule has 0 amide bonds. The predicted octanol–water partition coefficient (Wildman–Crippen LogP) is 2.80. The minimum Gasteiger partial charge on any atom is -0.388 e. The highest BCUT2D eigenvalue weighted by Gasteiger charge is 2.06. The zero-order valence-corrected chi connectivity index (χ0v) is 11.2. The van der Waals surface area contributed by atoms with Gasteiger partial charge in [-0.25, -0.2) is 8.42 Å². The van der Waals surface area contributed by atoms with Crippen molar-refractivity contribution >= 4 is 15.5 Å². The highest BCUT2D eigenvalue weighted by atomic mass is 32.2. The number of hydrogen-bond acceptors (Lipinski definition) is 3. The van der Waals surface area contributed by atoms with Gasteiger partial charge in [-0.3, -0.25) is 0 Å². The van der Waals surface area contributed by atoms with Crippen LogP contribution in [0.25, 0.3) is 11.1 Å². The van der Waals surface area contributed by atoms with Crippen LogP contribution in [0.1, 0.15) is 0 Å². The van der Waals surface area contributed by atoms with Gasteiger partial charge in [0.05, 0.1) is 4.90 Å². The molecule has 18 heavy (non-hydrogen) atoms. The van der Waals surface area contributed by atoms with E-state index in [-0.39, 0.29) is 0 Å². The number of sulfone groups is 1. The van der Waals surface area contributed by atoms with Crippen LogP contribution >= 0.6 is 0 Å². The van der Waals surface area contributed by atoms with Crippen LogP contribution in [-0.4, -0.2) is 21.7 Å². The Morgan fingerprint density at radius 2 is 1.61 bits per heavy atom. The van der Waals surface area contributed by atoms with Gasteiger partial charge >= 0.3 is 0 Å². The van der Waals surface area contributed by atoms with Crippen LogP contribution in [0, 0.1) is 0 Å². The molecule has 0 spiro atoms.